The lowest BCUT2D eigenvalue weighted by Gasteiger charge is -2.18. The standard InChI is InChI=1S/C10H10ClF4N/c1-2-7(16)8-5(10(13,14)15)3-4-6(11)9(8)12/h3-4,7H,2,16H2,1H3/t7-/m0/s1. The summed E-state index contributed by atoms with van der Waals surface area (Å²) < 4.78 is 51.3. The minimum absolute atomic E-state index is 0.195. The van der Waals surface area contributed by atoms with Crippen LogP contribution < -0.4 is 5.73 Å². The maximum absolute atomic E-state index is 13.5. The minimum atomic E-state index is -4.63. The van der Waals surface area contributed by atoms with Crippen LogP contribution in [-0.2, 0) is 6.18 Å². The van der Waals surface area contributed by atoms with Crippen LogP contribution in [-0.4, -0.2) is 0 Å². The molecule has 0 saturated carbocycles. The van der Waals surface area contributed by atoms with Gasteiger partial charge in [-0.25, -0.2) is 4.39 Å². The SMILES string of the molecule is CC[C@H](N)c1c(C(F)(F)F)ccc(Cl)c1F. The second-order valence-corrected chi connectivity index (χ2v) is 3.74. The molecule has 0 heterocycles. The van der Waals surface area contributed by atoms with Gasteiger partial charge in [0.2, 0.25) is 0 Å². The van der Waals surface area contributed by atoms with Gasteiger partial charge in [0.25, 0.3) is 0 Å². The lowest BCUT2D eigenvalue weighted by atomic mass is 9.98. The predicted octanol–water partition coefficient (Wildman–Crippen LogP) is 3.91. The average molecular weight is 256 g/mol. The normalized spacial score (nSPS) is 13.9. The molecule has 1 rings (SSSR count). The van der Waals surface area contributed by atoms with Crippen LogP contribution in [0.5, 0.6) is 0 Å². The molecule has 1 aromatic rings. The lowest BCUT2D eigenvalue weighted by Crippen LogP contribution is -2.19. The highest BCUT2D eigenvalue weighted by atomic mass is 35.5. The molecule has 6 heteroatoms. The third-order valence-corrected chi connectivity index (χ3v) is 2.54. The Hall–Kier alpha value is -0.810. The zero-order valence-corrected chi connectivity index (χ0v) is 9.16. The van der Waals surface area contributed by atoms with E-state index in [0.717, 1.165) is 12.1 Å². The summed E-state index contributed by atoms with van der Waals surface area (Å²) in [6, 6.07) is 0.609. The molecule has 0 unspecified atom stereocenters. The molecule has 16 heavy (non-hydrogen) atoms. The van der Waals surface area contributed by atoms with Crippen molar-refractivity contribution in [2.45, 2.75) is 25.6 Å². The maximum Gasteiger partial charge on any atom is 0.416 e. The summed E-state index contributed by atoms with van der Waals surface area (Å²) in [6.45, 7) is 1.57. The van der Waals surface area contributed by atoms with Crippen molar-refractivity contribution in [2.75, 3.05) is 0 Å². The van der Waals surface area contributed by atoms with E-state index in [1.54, 1.807) is 6.92 Å². The van der Waals surface area contributed by atoms with Gasteiger partial charge in [0, 0.05) is 11.6 Å². The summed E-state index contributed by atoms with van der Waals surface area (Å²) in [4.78, 5) is 0. The van der Waals surface area contributed by atoms with E-state index < -0.39 is 29.2 Å². The fourth-order valence-corrected chi connectivity index (χ4v) is 1.54. The molecule has 2 N–H and O–H groups in total. The Bertz CT molecular complexity index is 389. The van der Waals surface area contributed by atoms with Crippen LogP contribution in [0.2, 0.25) is 5.02 Å². The van der Waals surface area contributed by atoms with Crippen molar-refractivity contribution in [3.05, 3.63) is 34.1 Å². The van der Waals surface area contributed by atoms with E-state index in [1.807, 2.05) is 0 Å². The highest BCUT2D eigenvalue weighted by Gasteiger charge is 2.36. The van der Waals surface area contributed by atoms with E-state index in [4.69, 9.17) is 17.3 Å². The van der Waals surface area contributed by atoms with Crippen molar-refractivity contribution >= 4 is 11.6 Å². The van der Waals surface area contributed by atoms with Crippen LogP contribution in [0.4, 0.5) is 17.6 Å². The van der Waals surface area contributed by atoms with Crippen LogP contribution >= 0.6 is 11.6 Å². The van der Waals surface area contributed by atoms with Gasteiger partial charge in [0.05, 0.1) is 10.6 Å². The summed E-state index contributed by atoms with van der Waals surface area (Å²) in [5.74, 6) is -1.09. The highest BCUT2D eigenvalue weighted by Crippen LogP contribution is 2.38. The maximum atomic E-state index is 13.5. The summed E-state index contributed by atoms with van der Waals surface area (Å²) in [5, 5.41) is -0.355. The van der Waals surface area contributed by atoms with Crippen molar-refractivity contribution < 1.29 is 17.6 Å². The second kappa shape index (κ2) is 4.59. The molecule has 0 aliphatic heterocycles. The van der Waals surface area contributed by atoms with Gasteiger partial charge in [0.1, 0.15) is 5.82 Å². The minimum Gasteiger partial charge on any atom is -0.324 e. The van der Waals surface area contributed by atoms with E-state index in [-0.39, 0.29) is 11.4 Å². The first kappa shape index (κ1) is 13.3. The molecule has 0 radical (unpaired) electrons. The molecule has 90 valence electrons. The van der Waals surface area contributed by atoms with Crippen molar-refractivity contribution in [3.63, 3.8) is 0 Å². The quantitative estimate of drug-likeness (QED) is 0.797. The zero-order valence-electron chi connectivity index (χ0n) is 8.41. The number of alkyl halides is 3. The molecule has 0 spiro atoms. The third kappa shape index (κ3) is 2.47. The molecule has 0 fully saturated rings. The topological polar surface area (TPSA) is 26.0 Å². The van der Waals surface area contributed by atoms with Crippen LogP contribution in [0.15, 0.2) is 12.1 Å². The molecule has 0 bridgehead atoms. The molecule has 0 aliphatic carbocycles. The number of halogens is 5. The number of rotatable bonds is 2. The fraction of sp³-hybridized carbons (Fsp3) is 0.400. The van der Waals surface area contributed by atoms with E-state index in [2.05, 4.69) is 0 Å². The lowest BCUT2D eigenvalue weighted by molar-refractivity contribution is -0.138. The molecule has 0 amide bonds. The van der Waals surface area contributed by atoms with E-state index in [0.29, 0.717) is 0 Å². The molecule has 1 nitrogen and oxygen atoms in total. The Morgan fingerprint density at radius 2 is 1.94 bits per heavy atom. The largest absolute Gasteiger partial charge is 0.416 e. The number of hydrogen-bond donors (Lipinski definition) is 1. The van der Waals surface area contributed by atoms with Gasteiger partial charge in [-0.15, -0.1) is 0 Å². The fourth-order valence-electron chi connectivity index (χ4n) is 1.38. The van der Waals surface area contributed by atoms with Gasteiger partial charge in [0.15, 0.2) is 0 Å². The summed E-state index contributed by atoms with van der Waals surface area (Å²) in [5.41, 5.74) is 3.83. The summed E-state index contributed by atoms with van der Waals surface area (Å²) in [6.07, 6.45) is -4.44. The van der Waals surface area contributed by atoms with Crippen LogP contribution in [0.1, 0.15) is 30.5 Å². The first-order chi connectivity index (χ1) is 7.29. The Kier molecular flexibility index (Phi) is 3.80. The van der Waals surface area contributed by atoms with Gasteiger partial charge in [-0.3, -0.25) is 0 Å². The van der Waals surface area contributed by atoms with Gasteiger partial charge >= 0.3 is 6.18 Å². The Morgan fingerprint density at radius 3 is 2.38 bits per heavy atom. The van der Waals surface area contributed by atoms with Crippen molar-refractivity contribution in [3.8, 4) is 0 Å². The first-order valence-electron chi connectivity index (χ1n) is 4.59. The van der Waals surface area contributed by atoms with Gasteiger partial charge in [-0.2, -0.15) is 13.2 Å². The smallest absolute Gasteiger partial charge is 0.324 e. The molecule has 1 aromatic carbocycles. The van der Waals surface area contributed by atoms with Crippen LogP contribution in [0.3, 0.4) is 0 Å². The van der Waals surface area contributed by atoms with Crippen molar-refractivity contribution in [1.29, 1.82) is 0 Å². The van der Waals surface area contributed by atoms with Crippen molar-refractivity contribution in [1.82, 2.24) is 0 Å². The van der Waals surface area contributed by atoms with E-state index >= 15 is 0 Å². The Morgan fingerprint density at radius 1 is 1.38 bits per heavy atom. The molecule has 0 aromatic heterocycles. The van der Waals surface area contributed by atoms with Crippen molar-refractivity contribution in [2.24, 2.45) is 5.73 Å². The van der Waals surface area contributed by atoms with Gasteiger partial charge in [-0.1, -0.05) is 18.5 Å². The third-order valence-electron chi connectivity index (χ3n) is 2.25. The predicted molar refractivity (Wildman–Crippen MR) is 53.6 cm³/mol. The number of hydrogen-bond acceptors (Lipinski definition) is 1. The Balaban J connectivity index is 3.45. The van der Waals surface area contributed by atoms with E-state index in [1.165, 1.54) is 0 Å². The first-order valence-corrected chi connectivity index (χ1v) is 4.97. The molecular weight excluding hydrogens is 246 g/mol. The van der Waals surface area contributed by atoms with E-state index in [9.17, 15) is 17.6 Å². The summed E-state index contributed by atoms with van der Waals surface area (Å²) in [7, 11) is 0. The number of nitrogens with two attached hydrogens (primary N) is 1. The molecule has 0 aliphatic rings. The Labute approximate surface area is 95.2 Å². The second-order valence-electron chi connectivity index (χ2n) is 3.34. The molecular formula is C10H10ClF4N. The monoisotopic (exact) mass is 255 g/mol. The van der Waals surface area contributed by atoms with Crippen LogP contribution in [0.25, 0.3) is 0 Å². The van der Waals surface area contributed by atoms with Gasteiger partial charge < -0.3 is 5.73 Å². The highest BCUT2D eigenvalue weighted by molar-refractivity contribution is 6.30. The zero-order chi connectivity index (χ0) is 12.5. The number of benzene rings is 1. The van der Waals surface area contributed by atoms with Crippen LogP contribution in [0, 0.1) is 5.82 Å². The molecule has 0 saturated heterocycles. The average Bonchev–Trinajstić information content (AvgIpc) is 2.19. The summed E-state index contributed by atoms with van der Waals surface area (Å²) >= 11 is 5.44. The molecule has 1 atom stereocenters. The van der Waals surface area contributed by atoms with Gasteiger partial charge in [-0.05, 0) is 18.6 Å².